The summed E-state index contributed by atoms with van der Waals surface area (Å²) in [6, 6.07) is 18.6. The molecular weight excluding hydrogens is 368 g/mol. The number of fused-ring (bicyclic) bond motifs is 1. The quantitative estimate of drug-likeness (QED) is 0.688. The van der Waals surface area contributed by atoms with Gasteiger partial charge in [0.15, 0.2) is 0 Å². The van der Waals surface area contributed by atoms with Gasteiger partial charge in [0.25, 0.3) is 5.91 Å². The van der Waals surface area contributed by atoms with Crippen LogP contribution in [0.3, 0.4) is 0 Å². The van der Waals surface area contributed by atoms with Crippen LogP contribution in [0.5, 0.6) is 0 Å². The largest absolute Gasteiger partial charge is 0.465 e. The molecule has 29 heavy (non-hydrogen) atoms. The first-order chi connectivity index (χ1) is 14.2. The smallest absolute Gasteiger partial charge is 0.337 e. The van der Waals surface area contributed by atoms with Gasteiger partial charge >= 0.3 is 5.97 Å². The number of anilines is 2. The molecule has 6 heteroatoms. The molecule has 0 atom stereocenters. The number of nitrogens with zero attached hydrogens (tertiary/aromatic N) is 1. The number of methoxy groups -OCH3 is 1. The first kappa shape index (κ1) is 19.0. The molecule has 1 N–H and O–H groups in total. The maximum absolute atomic E-state index is 13.1. The summed E-state index contributed by atoms with van der Waals surface area (Å²) in [6.45, 7) is 2.67. The minimum absolute atomic E-state index is 0.224. The predicted octanol–water partition coefficient (Wildman–Crippen LogP) is 3.72. The SMILES string of the molecule is COC(=O)c1ccc(N2CCOCC2)c(NC(=O)c2cccc3ccccc23)c1. The summed E-state index contributed by atoms with van der Waals surface area (Å²) in [5.41, 5.74) is 2.40. The number of rotatable bonds is 4. The van der Waals surface area contributed by atoms with Crippen molar-refractivity contribution in [2.45, 2.75) is 0 Å². The number of amides is 1. The Hall–Kier alpha value is -3.38. The summed E-state index contributed by atoms with van der Waals surface area (Å²) >= 11 is 0. The molecule has 1 saturated heterocycles. The maximum atomic E-state index is 13.1. The van der Waals surface area contributed by atoms with Gasteiger partial charge in [-0.1, -0.05) is 36.4 Å². The van der Waals surface area contributed by atoms with Gasteiger partial charge in [0.05, 0.1) is 37.3 Å². The van der Waals surface area contributed by atoms with Crippen molar-refractivity contribution in [3.8, 4) is 0 Å². The molecule has 148 valence electrons. The number of morpholine rings is 1. The molecule has 3 aromatic carbocycles. The van der Waals surface area contributed by atoms with E-state index in [2.05, 4.69) is 10.2 Å². The molecule has 0 radical (unpaired) electrons. The van der Waals surface area contributed by atoms with E-state index in [9.17, 15) is 9.59 Å². The lowest BCUT2D eigenvalue weighted by Crippen LogP contribution is -2.36. The van der Waals surface area contributed by atoms with Gasteiger partial charge in [0.1, 0.15) is 0 Å². The highest BCUT2D eigenvalue weighted by Crippen LogP contribution is 2.30. The van der Waals surface area contributed by atoms with Gasteiger partial charge < -0.3 is 19.7 Å². The van der Waals surface area contributed by atoms with Gasteiger partial charge in [-0.2, -0.15) is 0 Å². The van der Waals surface area contributed by atoms with E-state index in [1.807, 2.05) is 42.5 Å². The lowest BCUT2D eigenvalue weighted by Gasteiger charge is -2.30. The minimum atomic E-state index is -0.445. The monoisotopic (exact) mass is 390 g/mol. The molecule has 0 aliphatic carbocycles. The highest BCUT2D eigenvalue weighted by atomic mass is 16.5. The van der Waals surface area contributed by atoms with Crippen LogP contribution < -0.4 is 10.2 Å². The van der Waals surface area contributed by atoms with E-state index in [-0.39, 0.29) is 5.91 Å². The van der Waals surface area contributed by atoms with Gasteiger partial charge in [-0.05, 0) is 35.0 Å². The van der Waals surface area contributed by atoms with Gasteiger partial charge in [0, 0.05) is 18.7 Å². The number of nitrogens with one attached hydrogen (secondary N) is 1. The second kappa shape index (κ2) is 8.32. The van der Waals surface area contributed by atoms with Crippen LogP contribution >= 0.6 is 0 Å². The van der Waals surface area contributed by atoms with Crippen LogP contribution in [-0.2, 0) is 9.47 Å². The third kappa shape index (κ3) is 3.93. The van der Waals surface area contributed by atoms with E-state index in [1.165, 1.54) is 7.11 Å². The van der Waals surface area contributed by atoms with Crippen molar-refractivity contribution in [3.05, 3.63) is 71.8 Å². The number of hydrogen-bond acceptors (Lipinski definition) is 5. The van der Waals surface area contributed by atoms with Crippen LogP contribution in [0.25, 0.3) is 10.8 Å². The molecule has 0 saturated carbocycles. The predicted molar refractivity (Wildman–Crippen MR) is 113 cm³/mol. The lowest BCUT2D eigenvalue weighted by molar-refractivity contribution is 0.0600. The molecule has 0 aromatic heterocycles. The normalized spacial score (nSPS) is 13.9. The van der Waals surface area contributed by atoms with Crippen molar-refractivity contribution in [1.82, 2.24) is 0 Å². The van der Waals surface area contributed by atoms with Crippen LogP contribution in [0.1, 0.15) is 20.7 Å². The number of ether oxygens (including phenoxy) is 2. The average molecular weight is 390 g/mol. The van der Waals surface area contributed by atoms with Gasteiger partial charge in [-0.15, -0.1) is 0 Å². The Bertz CT molecular complexity index is 1050. The fourth-order valence-corrected chi connectivity index (χ4v) is 3.57. The van der Waals surface area contributed by atoms with Crippen LogP contribution in [-0.4, -0.2) is 45.3 Å². The third-order valence-electron chi connectivity index (χ3n) is 5.05. The number of carbonyl (C=O) groups is 2. The van der Waals surface area contributed by atoms with E-state index in [4.69, 9.17) is 9.47 Å². The van der Waals surface area contributed by atoms with Crippen molar-refractivity contribution in [2.75, 3.05) is 43.6 Å². The highest BCUT2D eigenvalue weighted by Gasteiger charge is 2.19. The molecule has 6 nitrogen and oxygen atoms in total. The van der Waals surface area contributed by atoms with Crippen molar-refractivity contribution >= 4 is 34.0 Å². The van der Waals surface area contributed by atoms with E-state index >= 15 is 0 Å². The second-order valence-electron chi connectivity index (χ2n) is 6.80. The third-order valence-corrected chi connectivity index (χ3v) is 5.05. The Kier molecular flexibility index (Phi) is 5.44. The van der Waals surface area contributed by atoms with Crippen molar-refractivity contribution in [1.29, 1.82) is 0 Å². The zero-order valence-corrected chi connectivity index (χ0v) is 16.2. The number of hydrogen-bond donors (Lipinski definition) is 1. The van der Waals surface area contributed by atoms with E-state index in [1.54, 1.807) is 18.2 Å². The van der Waals surface area contributed by atoms with Gasteiger partial charge in [-0.25, -0.2) is 4.79 Å². The molecule has 0 unspecified atom stereocenters. The Morgan fingerprint density at radius 2 is 1.76 bits per heavy atom. The van der Waals surface area contributed by atoms with Crippen LogP contribution in [0.15, 0.2) is 60.7 Å². The van der Waals surface area contributed by atoms with Gasteiger partial charge in [-0.3, -0.25) is 4.79 Å². The molecule has 0 bridgehead atoms. The second-order valence-corrected chi connectivity index (χ2v) is 6.80. The minimum Gasteiger partial charge on any atom is -0.465 e. The van der Waals surface area contributed by atoms with Crippen molar-refractivity contribution in [2.24, 2.45) is 0 Å². The first-order valence-corrected chi connectivity index (χ1v) is 9.51. The van der Waals surface area contributed by atoms with E-state index in [0.717, 1.165) is 16.5 Å². The zero-order valence-electron chi connectivity index (χ0n) is 16.2. The Morgan fingerprint density at radius 1 is 1.00 bits per heavy atom. The lowest BCUT2D eigenvalue weighted by atomic mass is 10.0. The van der Waals surface area contributed by atoms with Crippen LogP contribution in [0, 0.1) is 0 Å². The van der Waals surface area contributed by atoms with Gasteiger partial charge in [0.2, 0.25) is 0 Å². The van der Waals surface area contributed by atoms with Crippen LogP contribution in [0.2, 0.25) is 0 Å². The zero-order chi connectivity index (χ0) is 20.2. The maximum Gasteiger partial charge on any atom is 0.337 e. The van der Waals surface area contributed by atoms with Crippen molar-refractivity contribution < 1.29 is 19.1 Å². The fraction of sp³-hybridized carbons (Fsp3) is 0.217. The highest BCUT2D eigenvalue weighted by molar-refractivity contribution is 6.14. The Labute approximate surface area is 169 Å². The Balaban J connectivity index is 1.71. The summed E-state index contributed by atoms with van der Waals surface area (Å²) in [7, 11) is 1.34. The average Bonchev–Trinajstić information content (AvgIpc) is 2.78. The molecule has 4 rings (SSSR count). The Morgan fingerprint density at radius 3 is 2.55 bits per heavy atom. The standard InChI is InChI=1S/C23H22N2O4/c1-28-23(27)17-9-10-21(25-11-13-29-14-12-25)20(15-17)24-22(26)19-8-4-6-16-5-2-3-7-18(16)19/h2-10,15H,11-14H2,1H3,(H,24,26). The molecule has 1 heterocycles. The van der Waals surface area contributed by atoms with E-state index < -0.39 is 5.97 Å². The summed E-state index contributed by atoms with van der Waals surface area (Å²) in [5, 5.41) is 4.88. The number of benzene rings is 3. The molecular formula is C23H22N2O4. The molecule has 1 fully saturated rings. The van der Waals surface area contributed by atoms with Crippen LogP contribution in [0.4, 0.5) is 11.4 Å². The first-order valence-electron chi connectivity index (χ1n) is 9.51. The number of esters is 1. The molecule has 0 spiro atoms. The topological polar surface area (TPSA) is 67.9 Å². The fourth-order valence-electron chi connectivity index (χ4n) is 3.57. The molecule has 3 aromatic rings. The molecule has 1 amide bonds. The van der Waals surface area contributed by atoms with E-state index in [0.29, 0.717) is 43.1 Å². The summed E-state index contributed by atoms with van der Waals surface area (Å²) in [6.07, 6.45) is 0. The summed E-state index contributed by atoms with van der Waals surface area (Å²) in [5.74, 6) is -0.669. The summed E-state index contributed by atoms with van der Waals surface area (Å²) < 4.78 is 10.3. The van der Waals surface area contributed by atoms with Crippen molar-refractivity contribution in [3.63, 3.8) is 0 Å². The molecule has 1 aliphatic heterocycles. The summed E-state index contributed by atoms with van der Waals surface area (Å²) in [4.78, 5) is 27.3. The molecule has 1 aliphatic rings. The number of carbonyl (C=O) groups excluding carboxylic acids is 2.